The van der Waals surface area contributed by atoms with E-state index in [4.69, 9.17) is 0 Å². The first-order valence-electron chi connectivity index (χ1n) is 8.33. The van der Waals surface area contributed by atoms with Crippen LogP contribution in [0.5, 0.6) is 0 Å². The Morgan fingerprint density at radius 3 is 2.52 bits per heavy atom. The Morgan fingerprint density at radius 1 is 1.11 bits per heavy atom. The smallest absolute Gasteiger partial charge is 0.347 e. The van der Waals surface area contributed by atoms with Gasteiger partial charge in [0.1, 0.15) is 0 Å². The summed E-state index contributed by atoms with van der Waals surface area (Å²) in [5, 5.41) is 10.3. The lowest BCUT2D eigenvalue weighted by Gasteiger charge is -2.09. The van der Waals surface area contributed by atoms with Crippen LogP contribution in [0, 0.1) is 0 Å². The van der Waals surface area contributed by atoms with Gasteiger partial charge in [-0.3, -0.25) is 4.79 Å². The van der Waals surface area contributed by atoms with Crippen LogP contribution in [0.25, 0.3) is 5.69 Å². The van der Waals surface area contributed by atoms with Gasteiger partial charge in [0.25, 0.3) is 5.91 Å². The van der Waals surface area contributed by atoms with Crippen LogP contribution >= 0.6 is 0 Å². The van der Waals surface area contributed by atoms with Crippen molar-refractivity contribution in [2.75, 3.05) is 0 Å². The number of carbonyl (C=O) groups excluding carboxylic acids is 1. The minimum Gasteiger partial charge on any atom is -0.347 e. The molecule has 0 aliphatic carbocycles. The van der Waals surface area contributed by atoms with E-state index in [-0.39, 0.29) is 12.2 Å². The summed E-state index contributed by atoms with van der Waals surface area (Å²) in [5.74, 6) is -0.510. The van der Waals surface area contributed by atoms with Crippen LogP contribution in [0.2, 0.25) is 0 Å². The van der Waals surface area contributed by atoms with Crippen molar-refractivity contribution in [3.63, 3.8) is 0 Å². The molecule has 3 aromatic rings. The third kappa shape index (κ3) is 4.52. The topological polar surface area (TPSA) is 59.8 Å². The summed E-state index contributed by atoms with van der Waals surface area (Å²) in [6.07, 6.45) is -2.03. The Morgan fingerprint density at radius 2 is 1.85 bits per heavy atom. The second kappa shape index (κ2) is 7.61. The van der Waals surface area contributed by atoms with E-state index in [1.807, 2.05) is 24.3 Å². The van der Waals surface area contributed by atoms with E-state index in [1.54, 1.807) is 0 Å². The van der Waals surface area contributed by atoms with Crippen LogP contribution in [-0.2, 0) is 19.1 Å². The van der Waals surface area contributed by atoms with Crippen LogP contribution < -0.4 is 5.32 Å². The molecule has 0 aliphatic heterocycles. The van der Waals surface area contributed by atoms with E-state index in [0.29, 0.717) is 5.56 Å². The average Bonchev–Trinajstić information content (AvgIpc) is 3.16. The van der Waals surface area contributed by atoms with E-state index < -0.39 is 17.6 Å². The highest BCUT2D eigenvalue weighted by atomic mass is 19.4. The monoisotopic (exact) mass is 374 g/mol. The Balaban J connectivity index is 1.66. The van der Waals surface area contributed by atoms with Gasteiger partial charge in [-0.1, -0.05) is 36.4 Å². The first-order chi connectivity index (χ1) is 12.9. The minimum absolute atomic E-state index is 0.0409. The molecule has 0 saturated heterocycles. The molecule has 8 heteroatoms. The summed E-state index contributed by atoms with van der Waals surface area (Å²) >= 11 is 0. The molecule has 1 N–H and O–H groups in total. The van der Waals surface area contributed by atoms with Gasteiger partial charge in [0.2, 0.25) is 0 Å². The lowest BCUT2D eigenvalue weighted by molar-refractivity contribution is -0.137. The van der Waals surface area contributed by atoms with Crippen LogP contribution in [0.4, 0.5) is 13.2 Å². The third-order valence-corrected chi connectivity index (χ3v) is 4.04. The molecule has 0 bridgehead atoms. The first kappa shape index (κ1) is 18.6. The molecule has 1 aromatic heterocycles. The predicted octanol–water partition coefficient (Wildman–Crippen LogP) is 3.78. The number of alkyl halides is 3. The Kier molecular flexibility index (Phi) is 5.25. The SMILES string of the molecule is CCc1ccc(-n2cc(C(=O)NCc3cccc(C(F)(F)F)c3)nn2)cc1. The molecule has 0 saturated carbocycles. The van der Waals surface area contributed by atoms with Crippen LogP contribution in [0.3, 0.4) is 0 Å². The molecular formula is C19H17F3N4O. The number of amides is 1. The first-order valence-corrected chi connectivity index (χ1v) is 8.33. The number of carbonyl (C=O) groups is 1. The lowest BCUT2D eigenvalue weighted by Crippen LogP contribution is -2.23. The van der Waals surface area contributed by atoms with Gasteiger partial charge >= 0.3 is 6.18 Å². The number of aromatic nitrogens is 3. The van der Waals surface area contributed by atoms with Gasteiger partial charge in [0.05, 0.1) is 17.4 Å². The zero-order valence-corrected chi connectivity index (χ0v) is 14.5. The van der Waals surface area contributed by atoms with Gasteiger partial charge in [-0.2, -0.15) is 13.2 Å². The largest absolute Gasteiger partial charge is 0.416 e. The van der Waals surface area contributed by atoms with Crippen LogP contribution in [-0.4, -0.2) is 20.9 Å². The molecule has 0 radical (unpaired) electrons. The lowest BCUT2D eigenvalue weighted by atomic mass is 10.1. The Bertz CT molecular complexity index is 933. The molecule has 2 aromatic carbocycles. The maximum atomic E-state index is 12.7. The summed E-state index contributed by atoms with van der Waals surface area (Å²) < 4.78 is 39.7. The summed E-state index contributed by atoms with van der Waals surface area (Å²) in [6.45, 7) is 2.01. The standard InChI is InChI=1S/C19H17F3N4O/c1-2-13-6-8-16(9-7-13)26-12-17(24-25-26)18(27)23-11-14-4-3-5-15(10-14)19(20,21)22/h3-10,12H,2,11H2,1H3,(H,23,27). The van der Waals surface area contributed by atoms with E-state index in [9.17, 15) is 18.0 Å². The van der Waals surface area contributed by atoms with Crippen molar-refractivity contribution < 1.29 is 18.0 Å². The fourth-order valence-electron chi connectivity index (χ4n) is 2.51. The van der Waals surface area contributed by atoms with Crippen molar-refractivity contribution in [1.82, 2.24) is 20.3 Å². The molecule has 0 aliphatic rings. The summed E-state index contributed by atoms with van der Waals surface area (Å²) in [6, 6.07) is 12.5. The minimum atomic E-state index is -4.42. The highest BCUT2D eigenvalue weighted by Gasteiger charge is 2.30. The summed E-state index contributed by atoms with van der Waals surface area (Å²) in [7, 11) is 0. The predicted molar refractivity (Wildman–Crippen MR) is 93.4 cm³/mol. The number of nitrogens with one attached hydrogen (secondary N) is 1. The number of aryl methyl sites for hydroxylation is 1. The van der Waals surface area contributed by atoms with Gasteiger partial charge in [0.15, 0.2) is 5.69 Å². The number of hydrogen-bond acceptors (Lipinski definition) is 3. The average molecular weight is 374 g/mol. The van der Waals surface area contributed by atoms with Crippen molar-refractivity contribution in [3.8, 4) is 5.69 Å². The second-order valence-electron chi connectivity index (χ2n) is 5.95. The van der Waals surface area contributed by atoms with E-state index in [2.05, 4.69) is 22.6 Å². The molecule has 1 heterocycles. The fraction of sp³-hybridized carbons (Fsp3) is 0.211. The molecule has 0 atom stereocenters. The van der Waals surface area contributed by atoms with E-state index in [0.717, 1.165) is 24.2 Å². The quantitative estimate of drug-likeness (QED) is 0.739. The highest BCUT2D eigenvalue weighted by Crippen LogP contribution is 2.29. The van der Waals surface area contributed by atoms with Gasteiger partial charge in [-0.25, -0.2) is 4.68 Å². The molecule has 1 amide bonds. The van der Waals surface area contributed by atoms with Crippen molar-refractivity contribution in [3.05, 3.63) is 77.1 Å². The molecule has 140 valence electrons. The third-order valence-electron chi connectivity index (χ3n) is 4.04. The fourth-order valence-corrected chi connectivity index (χ4v) is 2.51. The molecular weight excluding hydrogens is 357 g/mol. The van der Waals surface area contributed by atoms with Crippen molar-refractivity contribution in [1.29, 1.82) is 0 Å². The number of benzene rings is 2. The normalized spacial score (nSPS) is 11.4. The molecule has 0 fully saturated rings. The van der Waals surface area contributed by atoms with E-state index >= 15 is 0 Å². The van der Waals surface area contributed by atoms with Crippen LogP contribution in [0.1, 0.15) is 34.1 Å². The molecule has 3 rings (SSSR count). The number of rotatable bonds is 5. The number of halogens is 3. The van der Waals surface area contributed by atoms with Gasteiger partial charge in [-0.15, -0.1) is 5.10 Å². The summed E-state index contributed by atoms with van der Waals surface area (Å²) in [4.78, 5) is 12.2. The summed E-state index contributed by atoms with van der Waals surface area (Å²) in [5.41, 5.74) is 1.62. The van der Waals surface area contributed by atoms with Crippen LogP contribution in [0.15, 0.2) is 54.7 Å². The Labute approximate surface area is 153 Å². The zero-order valence-electron chi connectivity index (χ0n) is 14.5. The second-order valence-corrected chi connectivity index (χ2v) is 5.95. The van der Waals surface area contributed by atoms with Gasteiger partial charge in [0, 0.05) is 6.54 Å². The maximum absolute atomic E-state index is 12.7. The van der Waals surface area contributed by atoms with Crippen molar-refractivity contribution in [2.45, 2.75) is 26.1 Å². The van der Waals surface area contributed by atoms with Gasteiger partial charge in [-0.05, 0) is 41.8 Å². The van der Waals surface area contributed by atoms with Gasteiger partial charge < -0.3 is 5.32 Å². The number of hydrogen-bond donors (Lipinski definition) is 1. The van der Waals surface area contributed by atoms with E-state index in [1.165, 1.54) is 28.6 Å². The molecule has 0 unspecified atom stereocenters. The highest BCUT2D eigenvalue weighted by molar-refractivity contribution is 5.91. The molecule has 27 heavy (non-hydrogen) atoms. The van der Waals surface area contributed by atoms with Crippen molar-refractivity contribution >= 4 is 5.91 Å². The molecule has 0 spiro atoms. The molecule has 5 nitrogen and oxygen atoms in total. The maximum Gasteiger partial charge on any atom is 0.416 e. The van der Waals surface area contributed by atoms with Crippen molar-refractivity contribution in [2.24, 2.45) is 0 Å². The Hall–Kier alpha value is -3.16. The zero-order chi connectivity index (χ0) is 19.4. The number of nitrogens with zero attached hydrogens (tertiary/aromatic N) is 3.